The topological polar surface area (TPSA) is 54.5 Å². The van der Waals surface area contributed by atoms with Crippen LogP contribution in [0.25, 0.3) is 0 Å². The van der Waals surface area contributed by atoms with Crippen LogP contribution in [0.2, 0.25) is 0 Å². The summed E-state index contributed by atoms with van der Waals surface area (Å²) in [7, 11) is 0. The number of nitrogens with zero attached hydrogens (tertiary/aromatic N) is 2. The lowest BCUT2D eigenvalue weighted by molar-refractivity contribution is 0.198. The van der Waals surface area contributed by atoms with Crippen molar-refractivity contribution in [2.75, 3.05) is 6.54 Å². The molecule has 3 rings (SSSR count). The SMILES string of the molecule is CCN(Cc1cccs1)C(=O)NCc1cccnc1Oc1cccc(F)c1. The Hall–Kier alpha value is -2.93. The zero-order valence-corrected chi connectivity index (χ0v) is 15.7. The molecular formula is C20H20FN3O2S. The third-order valence-corrected chi connectivity index (χ3v) is 4.75. The molecule has 5 nitrogen and oxygen atoms in total. The van der Waals surface area contributed by atoms with E-state index in [4.69, 9.17) is 4.74 Å². The van der Waals surface area contributed by atoms with Gasteiger partial charge in [0.1, 0.15) is 11.6 Å². The van der Waals surface area contributed by atoms with Crippen molar-refractivity contribution < 1.29 is 13.9 Å². The Bertz CT molecular complexity index is 886. The average molecular weight is 385 g/mol. The second-order valence-electron chi connectivity index (χ2n) is 5.78. The summed E-state index contributed by atoms with van der Waals surface area (Å²) in [6, 6.07) is 13.3. The minimum Gasteiger partial charge on any atom is -0.439 e. The Morgan fingerprint density at radius 2 is 2.15 bits per heavy atom. The van der Waals surface area contributed by atoms with E-state index < -0.39 is 0 Å². The number of benzene rings is 1. The molecule has 0 saturated carbocycles. The Labute approximate surface area is 161 Å². The standard InChI is InChI=1S/C20H20FN3O2S/c1-2-24(14-18-9-5-11-27-18)20(25)23-13-15-6-4-10-22-19(15)26-17-8-3-7-16(21)12-17/h3-12H,2,13-14H2,1H3,(H,23,25). The van der Waals surface area contributed by atoms with Crippen molar-refractivity contribution in [1.82, 2.24) is 15.2 Å². The van der Waals surface area contributed by atoms with Gasteiger partial charge in [-0.05, 0) is 36.6 Å². The highest BCUT2D eigenvalue weighted by molar-refractivity contribution is 7.09. The molecule has 0 aliphatic carbocycles. The first-order chi connectivity index (χ1) is 13.2. The maximum Gasteiger partial charge on any atom is 0.317 e. The minimum absolute atomic E-state index is 0.161. The lowest BCUT2D eigenvalue weighted by Crippen LogP contribution is -2.38. The molecule has 0 radical (unpaired) electrons. The largest absolute Gasteiger partial charge is 0.439 e. The van der Waals surface area contributed by atoms with Gasteiger partial charge in [0.15, 0.2) is 0 Å². The van der Waals surface area contributed by atoms with E-state index in [1.165, 1.54) is 12.1 Å². The van der Waals surface area contributed by atoms with Gasteiger partial charge < -0.3 is 15.0 Å². The summed E-state index contributed by atoms with van der Waals surface area (Å²) in [4.78, 5) is 19.6. The number of hydrogen-bond acceptors (Lipinski definition) is 4. The molecule has 7 heteroatoms. The van der Waals surface area contributed by atoms with Gasteiger partial charge in [-0.3, -0.25) is 0 Å². The highest BCUT2D eigenvalue weighted by Crippen LogP contribution is 2.23. The second-order valence-corrected chi connectivity index (χ2v) is 6.81. The van der Waals surface area contributed by atoms with E-state index in [-0.39, 0.29) is 18.4 Å². The molecule has 3 aromatic rings. The van der Waals surface area contributed by atoms with Gasteiger partial charge in [-0.25, -0.2) is 14.2 Å². The summed E-state index contributed by atoms with van der Waals surface area (Å²) >= 11 is 1.62. The van der Waals surface area contributed by atoms with Crippen LogP contribution in [-0.2, 0) is 13.1 Å². The molecule has 27 heavy (non-hydrogen) atoms. The monoisotopic (exact) mass is 385 g/mol. The van der Waals surface area contributed by atoms with Crippen molar-refractivity contribution in [1.29, 1.82) is 0 Å². The summed E-state index contributed by atoms with van der Waals surface area (Å²) in [5.41, 5.74) is 0.710. The number of urea groups is 1. The Kier molecular flexibility index (Phi) is 6.38. The van der Waals surface area contributed by atoms with Gasteiger partial charge >= 0.3 is 6.03 Å². The molecule has 2 aromatic heterocycles. The first kappa shape index (κ1) is 18.8. The van der Waals surface area contributed by atoms with Gasteiger partial charge in [0.25, 0.3) is 0 Å². The molecule has 0 atom stereocenters. The highest BCUT2D eigenvalue weighted by Gasteiger charge is 2.14. The van der Waals surface area contributed by atoms with Gasteiger partial charge in [0.05, 0.1) is 6.54 Å². The average Bonchev–Trinajstić information content (AvgIpc) is 3.18. The van der Waals surface area contributed by atoms with Crippen LogP contribution < -0.4 is 10.1 Å². The fourth-order valence-corrected chi connectivity index (χ4v) is 3.21. The van der Waals surface area contributed by atoms with E-state index in [0.717, 1.165) is 4.88 Å². The number of nitrogens with one attached hydrogen (secondary N) is 1. The number of rotatable bonds is 7. The van der Waals surface area contributed by atoms with E-state index in [1.807, 2.05) is 30.5 Å². The molecule has 2 amide bonds. The van der Waals surface area contributed by atoms with Crippen molar-refractivity contribution in [2.24, 2.45) is 0 Å². The van der Waals surface area contributed by atoms with Crippen LogP contribution in [0.1, 0.15) is 17.4 Å². The lowest BCUT2D eigenvalue weighted by Gasteiger charge is -2.21. The molecule has 0 saturated heterocycles. The van der Waals surface area contributed by atoms with Crippen molar-refractivity contribution >= 4 is 17.4 Å². The lowest BCUT2D eigenvalue weighted by atomic mass is 10.2. The number of carbonyl (C=O) groups excluding carboxylic acids is 1. The van der Waals surface area contributed by atoms with Crippen LogP contribution in [0.5, 0.6) is 11.6 Å². The molecular weight excluding hydrogens is 365 g/mol. The summed E-state index contributed by atoms with van der Waals surface area (Å²) in [6.45, 7) is 3.37. The maximum atomic E-state index is 13.3. The number of pyridine rings is 1. The fourth-order valence-electron chi connectivity index (χ4n) is 2.49. The van der Waals surface area contributed by atoms with Gasteiger partial charge in [0, 0.05) is 35.8 Å². The molecule has 0 bridgehead atoms. The predicted molar refractivity (Wildman–Crippen MR) is 103 cm³/mol. The number of carbonyl (C=O) groups is 1. The molecule has 1 N–H and O–H groups in total. The molecule has 0 aliphatic heterocycles. The zero-order valence-electron chi connectivity index (χ0n) is 14.9. The van der Waals surface area contributed by atoms with Crippen LogP contribution in [0, 0.1) is 5.82 Å². The van der Waals surface area contributed by atoms with E-state index in [0.29, 0.717) is 30.3 Å². The van der Waals surface area contributed by atoms with Gasteiger partial charge in [-0.1, -0.05) is 18.2 Å². The third-order valence-electron chi connectivity index (χ3n) is 3.89. The maximum absolute atomic E-state index is 13.3. The predicted octanol–water partition coefficient (Wildman–Crippen LogP) is 4.81. The number of aromatic nitrogens is 1. The van der Waals surface area contributed by atoms with Crippen LogP contribution in [-0.4, -0.2) is 22.5 Å². The van der Waals surface area contributed by atoms with Gasteiger partial charge in [-0.15, -0.1) is 11.3 Å². The van der Waals surface area contributed by atoms with Crippen LogP contribution >= 0.6 is 11.3 Å². The van der Waals surface area contributed by atoms with Gasteiger partial charge in [0.2, 0.25) is 5.88 Å². The van der Waals surface area contributed by atoms with Crippen molar-refractivity contribution in [3.63, 3.8) is 0 Å². The zero-order chi connectivity index (χ0) is 19.1. The molecule has 0 fully saturated rings. The first-order valence-corrected chi connectivity index (χ1v) is 9.46. The third kappa shape index (κ3) is 5.27. The highest BCUT2D eigenvalue weighted by atomic mass is 32.1. The van der Waals surface area contributed by atoms with E-state index in [1.54, 1.807) is 40.6 Å². The van der Waals surface area contributed by atoms with Crippen LogP contribution in [0.15, 0.2) is 60.1 Å². The summed E-state index contributed by atoms with van der Waals surface area (Å²) in [6.07, 6.45) is 1.59. The summed E-state index contributed by atoms with van der Waals surface area (Å²) in [5.74, 6) is 0.310. The number of amides is 2. The minimum atomic E-state index is -0.384. The van der Waals surface area contributed by atoms with Crippen LogP contribution in [0.3, 0.4) is 0 Å². The Morgan fingerprint density at radius 3 is 2.89 bits per heavy atom. The number of thiophene rings is 1. The molecule has 2 heterocycles. The normalized spacial score (nSPS) is 10.4. The summed E-state index contributed by atoms with van der Waals surface area (Å²) < 4.78 is 19.0. The van der Waals surface area contributed by atoms with Crippen molar-refractivity contribution in [2.45, 2.75) is 20.0 Å². The molecule has 0 aliphatic rings. The molecule has 140 valence electrons. The second kappa shape index (κ2) is 9.14. The summed E-state index contributed by atoms with van der Waals surface area (Å²) in [5, 5.41) is 4.89. The molecule has 1 aromatic carbocycles. The number of halogens is 1. The van der Waals surface area contributed by atoms with Gasteiger partial charge in [-0.2, -0.15) is 0 Å². The quantitative estimate of drug-likeness (QED) is 0.635. The smallest absolute Gasteiger partial charge is 0.317 e. The van der Waals surface area contributed by atoms with Crippen molar-refractivity contribution in [3.05, 3.63) is 76.4 Å². The van der Waals surface area contributed by atoms with E-state index >= 15 is 0 Å². The molecule has 0 spiro atoms. The van der Waals surface area contributed by atoms with E-state index in [9.17, 15) is 9.18 Å². The number of ether oxygens (including phenoxy) is 1. The van der Waals surface area contributed by atoms with Crippen LogP contribution in [0.4, 0.5) is 9.18 Å². The molecule has 0 unspecified atom stereocenters. The van der Waals surface area contributed by atoms with E-state index in [2.05, 4.69) is 10.3 Å². The fraction of sp³-hybridized carbons (Fsp3) is 0.200. The Morgan fingerprint density at radius 1 is 1.26 bits per heavy atom. The van der Waals surface area contributed by atoms with Crippen molar-refractivity contribution in [3.8, 4) is 11.6 Å². The number of hydrogen-bond donors (Lipinski definition) is 1. The first-order valence-electron chi connectivity index (χ1n) is 8.58. The Balaban J connectivity index is 1.64.